The fourth-order valence-corrected chi connectivity index (χ4v) is 2.27. The first-order chi connectivity index (χ1) is 8.71. The summed E-state index contributed by atoms with van der Waals surface area (Å²) in [6, 6.07) is 0.238. The standard InChI is InChI=1S/C15H29N3/c1-4-7-8-13(5-2)12-18-10-9-17-15(18)11-14(16)6-3/h9-10,13-14H,4-8,11-12,16H2,1-3H3. The maximum atomic E-state index is 6.02. The number of hydrogen-bond acceptors (Lipinski definition) is 2. The third kappa shape index (κ3) is 4.81. The van der Waals surface area contributed by atoms with E-state index in [0.29, 0.717) is 0 Å². The van der Waals surface area contributed by atoms with Crippen molar-refractivity contribution in [3.05, 3.63) is 18.2 Å². The fourth-order valence-electron chi connectivity index (χ4n) is 2.27. The number of rotatable bonds is 9. The zero-order valence-corrected chi connectivity index (χ0v) is 12.2. The van der Waals surface area contributed by atoms with Crippen LogP contribution in [-0.2, 0) is 13.0 Å². The summed E-state index contributed by atoms with van der Waals surface area (Å²) in [6.07, 6.45) is 11.1. The second-order valence-electron chi connectivity index (χ2n) is 5.28. The molecule has 3 nitrogen and oxygen atoms in total. The minimum Gasteiger partial charge on any atom is -0.335 e. The monoisotopic (exact) mass is 251 g/mol. The van der Waals surface area contributed by atoms with Crippen LogP contribution in [0.1, 0.15) is 58.7 Å². The minimum atomic E-state index is 0.238. The van der Waals surface area contributed by atoms with Crippen LogP contribution in [0.25, 0.3) is 0 Å². The number of nitrogens with two attached hydrogens (primary N) is 1. The molecule has 0 aromatic carbocycles. The molecule has 0 aliphatic carbocycles. The van der Waals surface area contributed by atoms with Gasteiger partial charge in [-0.1, -0.05) is 40.0 Å². The highest BCUT2D eigenvalue weighted by molar-refractivity contribution is 4.95. The molecule has 2 unspecified atom stereocenters. The van der Waals surface area contributed by atoms with E-state index in [1.54, 1.807) is 0 Å². The molecule has 0 aliphatic heterocycles. The Morgan fingerprint density at radius 3 is 2.67 bits per heavy atom. The molecule has 18 heavy (non-hydrogen) atoms. The van der Waals surface area contributed by atoms with Gasteiger partial charge in [-0.2, -0.15) is 0 Å². The molecule has 3 heteroatoms. The van der Waals surface area contributed by atoms with Crippen LogP contribution in [0.15, 0.2) is 12.4 Å². The van der Waals surface area contributed by atoms with Gasteiger partial charge in [0.15, 0.2) is 0 Å². The molecule has 1 aromatic heterocycles. The Balaban J connectivity index is 2.57. The van der Waals surface area contributed by atoms with E-state index in [-0.39, 0.29) is 6.04 Å². The van der Waals surface area contributed by atoms with E-state index in [2.05, 4.69) is 36.5 Å². The van der Waals surface area contributed by atoms with Crippen molar-refractivity contribution in [1.29, 1.82) is 0 Å². The molecule has 0 aliphatic rings. The lowest BCUT2D eigenvalue weighted by Gasteiger charge is -2.18. The largest absolute Gasteiger partial charge is 0.335 e. The number of aromatic nitrogens is 2. The Labute approximate surface area is 112 Å². The van der Waals surface area contributed by atoms with Crippen molar-refractivity contribution in [2.24, 2.45) is 11.7 Å². The summed E-state index contributed by atoms with van der Waals surface area (Å²) in [5, 5.41) is 0. The van der Waals surface area contributed by atoms with E-state index < -0.39 is 0 Å². The highest BCUT2D eigenvalue weighted by Crippen LogP contribution is 2.16. The van der Waals surface area contributed by atoms with E-state index >= 15 is 0 Å². The van der Waals surface area contributed by atoms with Gasteiger partial charge in [-0.3, -0.25) is 0 Å². The molecular formula is C15H29N3. The van der Waals surface area contributed by atoms with Gasteiger partial charge in [0.05, 0.1) is 0 Å². The lowest BCUT2D eigenvalue weighted by atomic mass is 9.99. The van der Waals surface area contributed by atoms with Gasteiger partial charge in [0.25, 0.3) is 0 Å². The van der Waals surface area contributed by atoms with Gasteiger partial charge in [0, 0.05) is 31.4 Å². The molecule has 0 saturated carbocycles. The van der Waals surface area contributed by atoms with Crippen molar-refractivity contribution in [2.75, 3.05) is 0 Å². The Morgan fingerprint density at radius 1 is 1.28 bits per heavy atom. The van der Waals surface area contributed by atoms with Gasteiger partial charge in [0.1, 0.15) is 5.82 Å². The first-order valence-electron chi connectivity index (χ1n) is 7.46. The van der Waals surface area contributed by atoms with Crippen molar-refractivity contribution < 1.29 is 0 Å². The van der Waals surface area contributed by atoms with Crippen LogP contribution in [0.3, 0.4) is 0 Å². The lowest BCUT2D eigenvalue weighted by molar-refractivity contribution is 0.382. The molecule has 1 rings (SSSR count). The first kappa shape index (κ1) is 15.2. The molecule has 0 fully saturated rings. The second kappa shape index (κ2) is 8.30. The van der Waals surface area contributed by atoms with Crippen LogP contribution in [0, 0.1) is 5.92 Å². The number of imidazole rings is 1. The average molecular weight is 251 g/mol. The minimum absolute atomic E-state index is 0.238. The van der Waals surface area contributed by atoms with Crippen LogP contribution in [-0.4, -0.2) is 15.6 Å². The maximum Gasteiger partial charge on any atom is 0.110 e. The quantitative estimate of drug-likeness (QED) is 0.731. The van der Waals surface area contributed by atoms with Gasteiger partial charge in [-0.05, 0) is 18.8 Å². The van der Waals surface area contributed by atoms with Crippen LogP contribution in [0.5, 0.6) is 0 Å². The second-order valence-corrected chi connectivity index (χ2v) is 5.28. The summed E-state index contributed by atoms with van der Waals surface area (Å²) < 4.78 is 2.30. The van der Waals surface area contributed by atoms with E-state index in [1.165, 1.54) is 25.7 Å². The van der Waals surface area contributed by atoms with Gasteiger partial charge in [-0.25, -0.2) is 4.98 Å². The summed E-state index contributed by atoms with van der Waals surface area (Å²) in [5.41, 5.74) is 6.02. The van der Waals surface area contributed by atoms with Gasteiger partial charge in [0.2, 0.25) is 0 Å². The highest BCUT2D eigenvalue weighted by Gasteiger charge is 2.11. The summed E-state index contributed by atoms with van der Waals surface area (Å²) in [6.45, 7) is 7.78. The van der Waals surface area contributed by atoms with E-state index in [0.717, 1.165) is 31.1 Å². The summed E-state index contributed by atoms with van der Waals surface area (Å²) in [7, 11) is 0. The van der Waals surface area contributed by atoms with Crippen molar-refractivity contribution in [3.8, 4) is 0 Å². The normalized spacial score (nSPS) is 14.7. The van der Waals surface area contributed by atoms with Crippen molar-refractivity contribution in [3.63, 3.8) is 0 Å². The van der Waals surface area contributed by atoms with Gasteiger partial charge in [-0.15, -0.1) is 0 Å². The molecule has 2 N–H and O–H groups in total. The Hall–Kier alpha value is -0.830. The van der Waals surface area contributed by atoms with Crippen LogP contribution in [0.4, 0.5) is 0 Å². The molecule has 2 atom stereocenters. The maximum absolute atomic E-state index is 6.02. The summed E-state index contributed by atoms with van der Waals surface area (Å²) >= 11 is 0. The SMILES string of the molecule is CCCCC(CC)Cn1ccnc1CC(N)CC. The van der Waals surface area contributed by atoms with Crippen molar-refractivity contribution in [2.45, 2.75) is 71.9 Å². The van der Waals surface area contributed by atoms with E-state index in [4.69, 9.17) is 5.73 Å². The lowest BCUT2D eigenvalue weighted by Crippen LogP contribution is -2.24. The molecule has 0 radical (unpaired) electrons. The van der Waals surface area contributed by atoms with Crippen LogP contribution in [0.2, 0.25) is 0 Å². The molecule has 0 spiro atoms. The Morgan fingerprint density at radius 2 is 2.06 bits per heavy atom. The number of unbranched alkanes of at least 4 members (excludes halogenated alkanes) is 1. The predicted molar refractivity (Wildman–Crippen MR) is 77.5 cm³/mol. The Kier molecular flexibility index (Phi) is 7.02. The van der Waals surface area contributed by atoms with Crippen LogP contribution >= 0.6 is 0 Å². The molecule has 1 aromatic rings. The number of hydrogen-bond donors (Lipinski definition) is 1. The molecule has 1 heterocycles. The molecule has 0 saturated heterocycles. The van der Waals surface area contributed by atoms with Crippen molar-refractivity contribution in [1.82, 2.24) is 9.55 Å². The van der Waals surface area contributed by atoms with Gasteiger partial charge >= 0.3 is 0 Å². The summed E-state index contributed by atoms with van der Waals surface area (Å²) in [4.78, 5) is 4.45. The molecule has 0 amide bonds. The topological polar surface area (TPSA) is 43.8 Å². The number of nitrogens with zero attached hydrogens (tertiary/aromatic N) is 2. The van der Waals surface area contributed by atoms with Crippen molar-refractivity contribution >= 4 is 0 Å². The van der Waals surface area contributed by atoms with E-state index in [1.807, 2.05) is 6.20 Å². The zero-order valence-electron chi connectivity index (χ0n) is 12.2. The first-order valence-corrected chi connectivity index (χ1v) is 7.46. The smallest absolute Gasteiger partial charge is 0.110 e. The van der Waals surface area contributed by atoms with Gasteiger partial charge < -0.3 is 10.3 Å². The Bertz CT molecular complexity index is 319. The molecule has 104 valence electrons. The van der Waals surface area contributed by atoms with Crippen LogP contribution < -0.4 is 5.73 Å². The zero-order chi connectivity index (χ0) is 13.4. The third-order valence-corrected chi connectivity index (χ3v) is 3.77. The third-order valence-electron chi connectivity index (χ3n) is 3.77. The fraction of sp³-hybridized carbons (Fsp3) is 0.800. The van der Waals surface area contributed by atoms with E-state index in [9.17, 15) is 0 Å². The molecule has 0 bridgehead atoms. The average Bonchev–Trinajstić information content (AvgIpc) is 2.81. The molecular weight excluding hydrogens is 222 g/mol. The predicted octanol–water partition coefficient (Wildman–Crippen LogP) is 3.38. The highest BCUT2D eigenvalue weighted by atomic mass is 15.1. The summed E-state index contributed by atoms with van der Waals surface area (Å²) in [5.74, 6) is 1.93.